The van der Waals surface area contributed by atoms with Gasteiger partial charge >= 0.3 is 12.1 Å². The Morgan fingerprint density at radius 1 is 1.40 bits per heavy atom. The maximum absolute atomic E-state index is 11.8. The summed E-state index contributed by atoms with van der Waals surface area (Å²) in [5.41, 5.74) is 0. The van der Waals surface area contributed by atoms with Crippen LogP contribution in [0.2, 0.25) is 0 Å². The number of rotatable bonds is 6. The fourth-order valence-corrected chi connectivity index (χ4v) is 1.07. The molecule has 0 bridgehead atoms. The minimum Gasteiger partial charge on any atom is -0.480 e. The number of carboxylic acids is 1. The van der Waals surface area contributed by atoms with Crippen LogP contribution in [0.1, 0.15) is 19.3 Å². The van der Waals surface area contributed by atoms with Gasteiger partial charge in [0.25, 0.3) is 0 Å². The first-order valence-corrected chi connectivity index (χ1v) is 4.44. The molecule has 0 radical (unpaired) electrons. The average Bonchev–Trinajstić information content (AvgIpc) is 2.09. The highest BCUT2D eigenvalue weighted by atomic mass is 19.4. The molecule has 0 fully saturated rings. The second kappa shape index (κ2) is 5.92. The summed E-state index contributed by atoms with van der Waals surface area (Å²) in [6.07, 6.45) is -7.42. The number of likely N-dealkylation sites (N-methyl/N-ethyl adjacent to an activating group) is 1. The minimum absolute atomic E-state index is 0.00150. The number of carboxylic acid groups (broad SMARTS) is 1. The quantitative estimate of drug-likeness (QED) is 0.628. The third-order valence-electron chi connectivity index (χ3n) is 1.99. The molecule has 0 amide bonds. The van der Waals surface area contributed by atoms with Gasteiger partial charge in [0.1, 0.15) is 12.1 Å². The highest BCUT2D eigenvalue weighted by Gasteiger charge is 2.37. The molecule has 0 aliphatic heterocycles. The van der Waals surface area contributed by atoms with Gasteiger partial charge in [0.05, 0.1) is 0 Å². The zero-order valence-electron chi connectivity index (χ0n) is 8.21. The molecule has 15 heavy (non-hydrogen) atoms. The van der Waals surface area contributed by atoms with E-state index in [2.05, 4.69) is 5.32 Å². The molecule has 0 rings (SSSR count). The fourth-order valence-electron chi connectivity index (χ4n) is 1.07. The smallest absolute Gasteiger partial charge is 0.414 e. The van der Waals surface area contributed by atoms with E-state index < -0.39 is 30.7 Å². The Hall–Kier alpha value is -0.820. The fraction of sp³-hybridized carbons (Fsp3) is 0.875. The van der Waals surface area contributed by atoms with E-state index in [-0.39, 0.29) is 12.8 Å². The number of alkyl halides is 3. The Morgan fingerprint density at radius 3 is 2.27 bits per heavy atom. The van der Waals surface area contributed by atoms with E-state index in [0.717, 1.165) is 0 Å². The SMILES string of the molecule is CNC(CCCC(O)C(F)(F)F)C(=O)O. The number of carbonyl (C=O) groups is 1. The van der Waals surface area contributed by atoms with E-state index in [1.165, 1.54) is 7.05 Å². The molecule has 4 nitrogen and oxygen atoms in total. The van der Waals surface area contributed by atoms with E-state index in [4.69, 9.17) is 10.2 Å². The van der Waals surface area contributed by atoms with Crippen molar-refractivity contribution in [3.63, 3.8) is 0 Å². The molecule has 0 aliphatic rings. The van der Waals surface area contributed by atoms with Crippen molar-refractivity contribution in [3.05, 3.63) is 0 Å². The number of hydrogen-bond donors (Lipinski definition) is 3. The van der Waals surface area contributed by atoms with Crippen molar-refractivity contribution in [3.8, 4) is 0 Å². The van der Waals surface area contributed by atoms with Crippen molar-refractivity contribution in [2.75, 3.05) is 7.05 Å². The lowest BCUT2D eigenvalue weighted by Crippen LogP contribution is -2.34. The Kier molecular flexibility index (Phi) is 5.59. The van der Waals surface area contributed by atoms with E-state index in [1.54, 1.807) is 0 Å². The summed E-state index contributed by atoms with van der Waals surface area (Å²) < 4.78 is 35.5. The first-order valence-electron chi connectivity index (χ1n) is 4.44. The molecule has 0 aliphatic carbocycles. The van der Waals surface area contributed by atoms with Gasteiger partial charge in [-0.05, 0) is 26.3 Å². The van der Waals surface area contributed by atoms with Crippen LogP contribution < -0.4 is 5.32 Å². The molecule has 0 saturated heterocycles. The van der Waals surface area contributed by atoms with E-state index in [9.17, 15) is 18.0 Å². The second-order valence-electron chi connectivity index (χ2n) is 3.17. The maximum atomic E-state index is 11.8. The second-order valence-corrected chi connectivity index (χ2v) is 3.17. The number of halogens is 3. The topological polar surface area (TPSA) is 69.6 Å². The van der Waals surface area contributed by atoms with Gasteiger partial charge in [-0.1, -0.05) is 0 Å². The number of hydrogen-bond acceptors (Lipinski definition) is 3. The predicted octanol–water partition coefficient (Wildman–Crippen LogP) is 0.753. The lowest BCUT2D eigenvalue weighted by atomic mass is 10.1. The summed E-state index contributed by atoms with van der Waals surface area (Å²) in [5, 5.41) is 19.6. The summed E-state index contributed by atoms with van der Waals surface area (Å²) in [5.74, 6) is -1.11. The van der Waals surface area contributed by atoms with E-state index in [0.29, 0.717) is 0 Å². The molecule has 2 unspecified atom stereocenters. The van der Waals surface area contributed by atoms with Crippen LogP contribution in [0.3, 0.4) is 0 Å². The lowest BCUT2D eigenvalue weighted by Gasteiger charge is -2.15. The lowest BCUT2D eigenvalue weighted by molar-refractivity contribution is -0.205. The zero-order chi connectivity index (χ0) is 12.1. The molecule has 3 N–H and O–H groups in total. The molecule has 0 heterocycles. The van der Waals surface area contributed by atoms with E-state index in [1.807, 2.05) is 0 Å². The number of aliphatic hydroxyl groups excluding tert-OH is 1. The van der Waals surface area contributed by atoms with Crippen molar-refractivity contribution in [2.24, 2.45) is 0 Å². The van der Waals surface area contributed by atoms with Crippen LogP contribution in [0, 0.1) is 0 Å². The molecule has 0 aromatic heterocycles. The Balaban J connectivity index is 3.83. The van der Waals surface area contributed by atoms with Crippen molar-refractivity contribution < 1.29 is 28.2 Å². The first-order chi connectivity index (χ1) is 6.79. The van der Waals surface area contributed by atoms with Crippen molar-refractivity contribution in [1.82, 2.24) is 5.32 Å². The van der Waals surface area contributed by atoms with Gasteiger partial charge < -0.3 is 15.5 Å². The number of aliphatic hydroxyl groups is 1. The normalized spacial score (nSPS) is 16.1. The Labute approximate surface area is 85.1 Å². The third kappa shape index (κ3) is 5.58. The maximum Gasteiger partial charge on any atom is 0.414 e. The molecule has 0 aromatic carbocycles. The summed E-state index contributed by atoms with van der Waals surface area (Å²) in [4.78, 5) is 10.5. The molecule has 2 atom stereocenters. The van der Waals surface area contributed by atoms with Gasteiger partial charge in [-0.25, -0.2) is 0 Å². The number of aliphatic carboxylic acids is 1. The summed E-state index contributed by atoms with van der Waals surface area (Å²) in [6, 6.07) is -0.870. The van der Waals surface area contributed by atoms with Gasteiger partial charge in [0, 0.05) is 0 Å². The molecule has 0 aromatic rings. The van der Waals surface area contributed by atoms with Crippen LogP contribution in [-0.2, 0) is 4.79 Å². The van der Waals surface area contributed by atoms with Crippen LogP contribution in [0.4, 0.5) is 13.2 Å². The zero-order valence-corrected chi connectivity index (χ0v) is 8.21. The van der Waals surface area contributed by atoms with Crippen molar-refractivity contribution in [2.45, 2.75) is 37.6 Å². The first kappa shape index (κ1) is 14.2. The minimum atomic E-state index is -4.63. The highest BCUT2D eigenvalue weighted by Crippen LogP contribution is 2.23. The van der Waals surface area contributed by atoms with Crippen LogP contribution in [0.5, 0.6) is 0 Å². The monoisotopic (exact) mass is 229 g/mol. The molecule has 0 spiro atoms. The van der Waals surface area contributed by atoms with Crippen LogP contribution in [0.25, 0.3) is 0 Å². The van der Waals surface area contributed by atoms with E-state index >= 15 is 0 Å². The molecular formula is C8H14F3NO3. The molecule has 7 heteroatoms. The summed E-state index contributed by atoms with van der Waals surface area (Å²) in [6.45, 7) is 0. The van der Waals surface area contributed by atoms with Gasteiger partial charge in [-0.15, -0.1) is 0 Å². The van der Waals surface area contributed by atoms with Gasteiger partial charge in [0.2, 0.25) is 0 Å². The largest absolute Gasteiger partial charge is 0.480 e. The van der Waals surface area contributed by atoms with Crippen molar-refractivity contribution >= 4 is 5.97 Å². The molecule has 0 saturated carbocycles. The van der Waals surface area contributed by atoms with Gasteiger partial charge in [-0.3, -0.25) is 4.79 Å². The number of nitrogens with one attached hydrogen (secondary N) is 1. The highest BCUT2D eigenvalue weighted by molar-refractivity contribution is 5.73. The summed E-state index contributed by atoms with van der Waals surface area (Å²) >= 11 is 0. The van der Waals surface area contributed by atoms with Crippen LogP contribution in [-0.4, -0.2) is 41.6 Å². The van der Waals surface area contributed by atoms with Gasteiger partial charge in [0.15, 0.2) is 0 Å². The van der Waals surface area contributed by atoms with Crippen LogP contribution in [0.15, 0.2) is 0 Å². The summed E-state index contributed by atoms with van der Waals surface area (Å²) in [7, 11) is 1.42. The van der Waals surface area contributed by atoms with Crippen LogP contribution >= 0.6 is 0 Å². The van der Waals surface area contributed by atoms with Gasteiger partial charge in [-0.2, -0.15) is 13.2 Å². The molecule has 90 valence electrons. The molecular weight excluding hydrogens is 215 g/mol. The average molecular weight is 229 g/mol. The Morgan fingerprint density at radius 2 is 1.93 bits per heavy atom. The predicted molar refractivity (Wildman–Crippen MR) is 46.4 cm³/mol. The Bertz CT molecular complexity index is 208. The third-order valence-corrected chi connectivity index (χ3v) is 1.99. The van der Waals surface area contributed by atoms with Crippen molar-refractivity contribution in [1.29, 1.82) is 0 Å². The standard InChI is InChI=1S/C8H14F3NO3/c1-12-5(7(14)15)3-2-4-6(13)8(9,10)11/h5-6,12-13H,2-4H2,1H3,(H,14,15).